The number of amides is 1. The van der Waals surface area contributed by atoms with Crippen molar-refractivity contribution in [3.05, 3.63) is 95.0 Å². The van der Waals surface area contributed by atoms with Gasteiger partial charge in [0.1, 0.15) is 18.0 Å². The number of allylic oxidation sites excluding steroid dienone is 1. The largest absolute Gasteiger partial charge is 0.383 e. The van der Waals surface area contributed by atoms with E-state index in [1.807, 2.05) is 31.2 Å². The smallest absolute Gasteiger partial charge is 0.255 e. The van der Waals surface area contributed by atoms with Crippen molar-refractivity contribution in [1.29, 1.82) is 0 Å². The lowest BCUT2D eigenvalue weighted by atomic mass is 10.1. The second-order valence-corrected chi connectivity index (χ2v) is 10.3. The first-order chi connectivity index (χ1) is 18.4. The molecule has 2 aromatic carbocycles. The molecular weight excluding hydrogens is 506 g/mol. The summed E-state index contributed by atoms with van der Waals surface area (Å²) in [5, 5.41) is 7.19. The summed E-state index contributed by atoms with van der Waals surface area (Å²) in [6.07, 6.45) is 6.99. The molecule has 7 nitrogen and oxygen atoms in total. The first-order valence-electron chi connectivity index (χ1n) is 12.2. The van der Waals surface area contributed by atoms with E-state index in [-0.39, 0.29) is 17.7 Å². The number of hydrogen-bond donors (Lipinski definition) is 3. The molecule has 194 valence electrons. The Morgan fingerprint density at radius 3 is 2.76 bits per heavy atom. The van der Waals surface area contributed by atoms with Crippen molar-refractivity contribution in [2.45, 2.75) is 31.6 Å². The molecule has 4 N–H and O–H groups in total. The van der Waals surface area contributed by atoms with Crippen LogP contribution < -0.4 is 16.4 Å². The number of nitrogens with zero attached hydrogens (tertiary/aromatic N) is 3. The number of carbonyl (C=O) groups is 1. The maximum Gasteiger partial charge on any atom is 0.255 e. The number of fused-ring (bicyclic) bond motifs is 1. The minimum atomic E-state index is -0.948. The fourth-order valence-electron chi connectivity index (χ4n) is 4.21. The monoisotopic (exact) mass is 532 g/mol. The summed E-state index contributed by atoms with van der Waals surface area (Å²) in [5.41, 5.74) is 9.70. The van der Waals surface area contributed by atoms with Gasteiger partial charge in [-0.2, -0.15) is 0 Å². The van der Waals surface area contributed by atoms with Gasteiger partial charge in [0.05, 0.1) is 11.1 Å². The van der Waals surface area contributed by atoms with Crippen LogP contribution in [-0.4, -0.2) is 32.7 Å². The number of carbonyl (C=O) groups excluding carboxylic acids is 1. The Hall–Kier alpha value is -4.05. The summed E-state index contributed by atoms with van der Waals surface area (Å²) in [6, 6.07) is 11.4. The van der Waals surface area contributed by atoms with Crippen LogP contribution >= 0.6 is 11.8 Å². The quantitative estimate of drug-likeness (QED) is 0.281. The zero-order valence-corrected chi connectivity index (χ0v) is 21.5. The zero-order chi connectivity index (χ0) is 26.6. The molecule has 3 heterocycles. The number of nitrogens with two attached hydrogens (primary N) is 1. The molecule has 10 heteroatoms. The van der Waals surface area contributed by atoms with E-state index in [1.54, 1.807) is 18.0 Å². The Morgan fingerprint density at radius 1 is 1.08 bits per heavy atom. The molecule has 5 rings (SSSR count). The molecule has 1 unspecified atom stereocenters. The Bertz CT molecular complexity index is 1540. The SMILES string of the molecule is CCc1cnc(NCC2CC=C(c3ccc4ncnc(N)c4c3)S2)c(C(=O)NCc2ccc(F)c(F)c2)c1. The number of anilines is 2. The number of nitrogen functional groups attached to an aromatic ring is 1. The third-order valence-corrected chi connectivity index (χ3v) is 7.69. The zero-order valence-electron chi connectivity index (χ0n) is 20.7. The lowest BCUT2D eigenvalue weighted by molar-refractivity contribution is 0.0951. The van der Waals surface area contributed by atoms with Crippen molar-refractivity contribution in [2.24, 2.45) is 0 Å². The van der Waals surface area contributed by atoms with Crippen LogP contribution in [0.5, 0.6) is 0 Å². The second-order valence-electron chi connectivity index (χ2n) is 8.94. The number of pyridine rings is 1. The minimum absolute atomic E-state index is 0.0683. The maximum atomic E-state index is 13.5. The molecule has 0 aliphatic carbocycles. The number of rotatable bonds is 8. The van der Waals surface area contributed by atoms with Crippen LogP contribution in [0, 0.1) is 11.6 Å². The van der Waals surface area contributed by atoms with E-state index in [9.17, 15) is 13.6 Å². The van der Waals surface area contributed by atoms with Crippen molar-refractivity contribution >= 4 is 45.1 Å². The summed E-state index contributed by atoms with van der Waals surface area (Å²) in [4.78, 5) is 27.0. The van der Waals surface area contributed by atoms with E-state index in [4.69, 9.17) is 5.73 Å². The average Bonchev–Trinajstić information content (AvgIpc) is 3.41. The molecule has 4 aromatic rings. The van der Waals surface area contributed by atoms with E-state index in [2.05, 4.69) is 31.7 Å². The summed E-state index contributed by atoms with van der Waals surface area (Å²) >= 11 is 1.75. The van der Waals surface area contributed by atoms with Gasteiger partial charge < -0.3 is 16.4 Å². The van der Waals surface area contributed by atoms with Crippen molar-refractivity contribution in [3.8, 4) is 0 Å². The van der Waals surface area contributed by atoms with Crippen molar-refractivity contribution in [2.75, 3.05) is 17.6 Å². The highest BCUT2D eigenvalue weighted by atomic mass is 32.2. The van der Waals surface area contributed by atoms with E-state index in [0.717, 1.165) is 51.9 Å². The molecule has 1 amide bonds. The van der Waals surface area contributed by atoms with E-state index in [0.29, 0.717) is 29.3 Å². The first kappa shape index (κ1) is 25.6. The lowest BCUT2D eigenvalue weighted by Crippen LogP contribution is -2.25. The topological polar surface area (TPSA) is 106 Å². The average molecular weight is 533 g/mol. The molecule has 0 fully saturated rings. The van der Waals surface area contributed by atoms with Crippen LogP contribution in [0.4, 0.5) is 20.4 Å². The highest BCUT2D eigenvalue weighted by molar-refractivity contribution is 8.09. The third kappa shape index (κ3) is 5.60. The van der Waals surface area contributed by atoms with E-state index >= 15 is 0 Å². The Labute approximate surface area is 223 Å². The Balaban J connectivity index is 1.24. The fraction of sp³-hybridized carbons (Fsp3) is 0.214. The van der Waals surface area contributed by atoms with Gasteiger partial charge in [-0.15, -0.1) is 11.8 Å². The normalized spacial score (nSPS) is 14.9. The molecule has 0 bridgehead atoms. The van der Waals surface area contributed by atoms with Gasteiger partial charge in [0.15, 0.2) is 11.6 Å². The standard InChI is InChI=1S/C28H26F2N6OS/c1-2-16-9-21(28(37)34-13-17-3-6-22(29)23(30)10-17)27(32-12-16)33-14-19-5-8-25(38-19)18-4-7-24-20(11-18)26(31)36-15-35-24/h3-4,6-12,15,19H,2,5,13-14H2,1H3,(H,32,33)(H,34,37)(H2,31,35,36). The van der Waals surface area contributed by atoms with Gasteiger partial charge in [0.25, 0.3) is 5.91 Å². The highest BCUT2D eigenvalue weighted by Gasteiger charge is 2.21. The van der Waals surface area contributed by atoms with E-state index < -0.39 is 11.6 Å². The number of hydrogen-bond acceptors (Lipinski definition) is 7. The highest BCUT2D eigenvalue weighted by Crippen LogP contribution is 2.40. The summed E-state index contributed by atoms with van der Waals surface area (Å²) in [5.74, 6) is -1.27. The van der Waals surface area contributed by atoms with Gasteiger partial charge in [-0.3, -0.25) is 4.79 Å². The van der Waals surface area contributed by atoms with Gasteiger partial charge in [0.2, 0.25) is 0 Å². The van der Waals surface area contributed by atoms with E-state index in [1.165, 1.54) is 12.4 Å². The molecule has 0 spiro atoms. The molecule has 2 aromatic heterocycles. The van der Waals surface area contributed by atoms with Crippen LogP contribution in [0.25, 0.3) is 15.8 Å². The number of benzene rings is 2. The summed E-state index contributed by atoms with van der Waals surface area (Å²) < 4.78 is 26.8. The van der Waals surface area contributed by atoms with Gasteiger partial charge in [-0.25, -0.2) is 23.7 Å². The third-order valence-electron chi connectivity index (χ3n) is 6.34. The number of nitrogens with one attached hydrogen (secondary N) is 2. The molecule has 1 atom stereocenters. The molecule has 0 saturated heterocycles. The molecule has 1 aliphatic rings. The van der Waals surface area contributed by atoms with Crippen LogP contribution in [-0.2, 0) is 13.0 Å². The van der Waals surface area contributed by atoms with Gasteiger partial charge >= 0.3 is 0 Å². The minimum Gasteiger partial charge on any atom is -0.383 e. The first-order valence-corrected chi connectivity index (χ1v) is 13.1. The molecule has 0 saturated carbocycles. The van der Waals surface area contributed by atoms with Crippen LogP contribution in [0.2, 0.25) is 0 Å². The molecule has 0 radical (unpaired) electrons. The predicted molar refractivity (Wildman–Crippen MR) is 148 cm³/mol. The van der Waals surface area contributed by atoms with Crippen molar-refractivity contribution < 1.29 is 13.6 Å². The van der Waals surface area contributed by atoms with Crippen LogP contribution in [0.1, 0.15) is 40.4 Å². The number of aryl methyl sites for hydroxylation is 1. The number of thioether (sulfide) groups is 1. The fourth-order valence-corrected chi connectivity index (χ4v) is 5.38. The summed E-state index contributed by atoms with van der Waals surface area (Å²) in [6.45, 7) is 2.66. The second kappa shape index (κ2) is 11.1. The van der Waals surface area contributed by atoms with Crippen molar-refractivity contribution in [1.82, 2.24) is 20.3 Å². The maximum absolute atomic E-state index is 13.5. The van der Waals surface area contributed by atoms with Crippen LogP contribution in [0.15, 0.2) is 61.1 Å². The molecular formula is C28H26F2N6OS. The Morgan fingerprint density at radius 2 is 1.95 bits per heavy atom. The van der Waals surface area contributed by atoms with Gasteiger partial charge in [-0.05, 0) is 59.9 Å². The van der Waals surface area contributed by atoms with Crippen LogP contribution in [0.3, 0.4) is 0 Å². The summed E-state index contributed by atoms with van der Waals surface area (Å²) in [7, 11) is 0. The molecule has 1 aliphatic heterocycles. The van der Waals surface area contributed by atoms with Gasteiger partial charge in [-0.1, -0.05) is 25.1 Å². The van der Waals surface area contributed by atoms with Crippen molar-refractivity contribution in [3.63, 3.8) is 0 Å². The lowest BCUT2D eigenvalue weighted by Gasteiger charge is -2.16. The van der Waals surface area contributed by atoms with Gasteiger partial charge in [0, 0.05) is 34.8 Å². The Kier molecular flexibility index (Phi) is 7.50. The molecule has 38 heavy (non-hydrogen) atoms. The predicted octanol–water partition coefficient (Wildman–Crippen LogP) is 5.34. The number of halogens is 2. The number of aromatic nitrogens is 3.